The zero-order valence-corrected chi connectivity index (χ0v) is 13.8. The van der Waals surface area contributed by atoms with Crippen molar-refractivity contribution in [3.05, 3.63) is 34.2 Å². The quantitative estimate of drug-likeness (QED) is 0.794. The molecule has 128 valence electrons. The summed E-state index contributed by atoms with van der Waals surface area (Å²) in [6, 6.07) is 3.31. The Hall–Kier alpha value is -1.70. The van der Waals surface area contributed by atoms with Gasteiger partial charge in [0.25, 0.3) is 5.56 Å². The summed E-state index contributed by atoms with van der Waals surface area (Å²) in [5.74, 6) is -0.206. The molecule has 1 aromatic rings. The van der Waals surface area contributed by atoms with E-state index in [1.165, 1.54) is 10.6 Å². The maximum absolute atomic E-state index is 12.1. The number of hydrogen-bond acceptors (Lipinski definition) is 5. The Kier molecular flexibility index (Phi) is 6.32. The molecule has 0 aliphatic carbocycles. The van der Waals surface area contributed by atoms with Crippen LogP contribution in [0.4, 0.5) is 0 Å². The van der Waals surface area contributed by atoms with Crippen molar-refractivity contribution in [3.63, 3.8) is 0 Å². The number of hydrogen-bond donors (Lipinski definition) is 1. The van der Waals surface area contributed by atoms with E-state index >= 15 is 0 Å². The van der Waals surface area contributed by atoms with Gasteiger partial charge >= 0.3 is 0 Å². The van der Waals surface area contributed by atoms with Crippen LogP contribution < -0.4 is 10.9 Å². The largest absolute Gasteiger partial charge is 0.378 e. The minimum absolute atomic E-state index is 0.00194. The molecule has 2 rings (SSSR count). The van der Waals surface area contributed by atoms with E-state index in [0.717, 1.165) is 5.56 Å². The standard InChI is InChI=1S/C16H24N2O5/c1-11-4-5-18(15(20)6-11)8-14(19)17-7-12-9-23-10-13(21-2)16(12)22-3/h4-6,12-13,16H,7-10H2,1-3H3,(H,17,19)/t12-,13-,16+/m1/s1. The molecule has 0 unspecified atom stereocenters. The summed E-state index contributed by atoms with van der Waals surface area (Å²) in [4.78, 5) is 23.8. The molecule has 7 heteroatoms. The van der Waals surface area contributed by atoms with E-state index in [-0.39, 0.29) is 36.1 Å². The van der Waals surface area contributed by atoms with Gasteiger partial charge in [-0.2, -0.15) is 0 Å². The smallest absolute Gasteiger partial charge is 0.251 e. The number of methoxy groups -OCH3 is 2. The van der Waals surface area contributed by atoms with Crippen molar-refractivity contribution < 1.29 is 19.0 Å². The SMILES string of the molecule is CO[C@H]1[C@H](CNC(=O)Cn2ccc(C)cc2=O)COC[C@H]1OC. The first-order valence-electron chi connectivity index (χ1n) is 7.62. The van der Waals surface area contributed by atoms with Crippen LogP contribution in [0.3, 0.4) is 0 Å². The van der Waals surface area contributed by atoms with Crippen molar-refractivity contribution in [2.75, 3.05) is 34.0 Å². The molecule has 23 heavy (non-hydrogen) atoms. The van der Waals surface area contributed by atoms with Crippen molar-refractivity contribution in [2.45, 2.75) is 25.7 Å². The van der Waals surface area contributed by atoms with Crippen molar-refractivity contribution in [3.8, 4) is 0 Å². The third-order valence-electron chi connectivity index (χ3n) is 4.05. The molecule has 3 atom stereocenters. The Balaban J connectivity index is 1.89. The zero-order valence-electron chi connectivity index (χ0n) is 13.8. The Bertz CT molecular complexity index is 586. The lowest BCUT2D eigenvalue weighted by atomic mass is 9.96. The number of carbonyl (C=O) groups is 1. The first-order valence-corrected chi connectivity index (χ1v) is 7.62. The van der Waals surface area contributed by atoms with Gasteiger partial charge in [-0.25, -0.2) is 0 Å². The van der Waals surface area contributed by atoms with Crippen molar-refractivity contribution in [2.24, 2.45) is 5.92 Å². The predicted octanol–water partition coefficient (Wildman–Crippen LogP) is -0.0507. The molecule has 1 fully saturated rings. The van der Waals surface area contributed by atoms with E-state index in [4.69, 9.17) is 14.2 Å². The minimum atomic E-state index is -0.217. The molecule has 1 N–H and O–H groups in total. The molecule has 0 saturated carbocycles. The maximum Gasteiger partial charge on any atom is 0.251 e. The molecule has 1 saturated heterocycles. The molecule has 1 aliphatic heterocycles. The van der Waals surface area contributed by atoms with Crippen LogP contribution in [-0.2, 0) is 25.5 Å². The van der Waals surface area contributed by atoms with Gasteiger partial charge < -0.3 is 24.1 Å². The zero-order chi connectivity index (χ0) is 16.8. The number of rotatable bonds is 6. The molecule has 7 nitrogen and oxygen atoms in total. The summed E-state index contributed by atoms with van der Waals surface area (Å²) < 4.78 is 17.7. The molecular weight excluding hydrogens is 300 g/mol. The molecular formula is C16H24N2O5. The average molecular weight is 324 g/mol. The summed E-state index contributed by atoms with van der Waals surface area (Å²) in [5.41, 5.74) is 0.690. The predicted molar refractivity (Wildman–Crippen MR) is 84.4 cm³/mol. The number of nitrogens with zero attached hydrogens (tertiary/aromatic N) is 1. The van der Waals surface area contributed by atoms with E-state index in [1.54, 1.807) is 26.5 Å². The minimum Gasteiger partial charge on any atom is -0.378 e. The Labute approximate surface area is 135 Å². The molecule has 1 amide bonds. The number of nitrogens with one attached hydrogen (secondary N) is 1. The van der Waals surface area contributed by atoms with Crippen molar-refractivity contribution in [1.29, 1.82) is 0 Å². The first-order chi connectivity index (χ1) is 11.0. The van der Waals surface area contributed by atoms with Gasteiger partial charge in [0, 0.05) is 38.9 Å². The first kappa shape index (κ1) is 17.7. The molecule has 0 bridgehead atoms. The van der Waals surface area contributed by atoms with Gasteiger partial charge in [0.2, 0.25) is 5.91 Å². The van der Waals surface area contributed by atoms with Crippen LogP contribution in [0.1, 0.15) is 5.56 Å². The molecule has 1 aromatic heterocycles. The van der Waals surface area contributed by atoms with Crippen LogP contribution >= 0.6 is 0 Å². The fraction of sp³-hybridized carbons (Fsp3) is 0.625. The van der Waals surface area contributed by atoms with E-state index in [1.807, 2.05) is 6.92 Å². The van der Waals surface area contributed by atoms with Gasteiger partial charge in [0.05, 0.1) is 19.3 Å². The highest BCUT2D eigenvalue weighted by atomic mass is 16.6. The average Bonchev–Trinajstić information content (AvgIpc) is 2.55. The lowest BCUT2D eigenvalue weighted by molar-refractivity contribution is -0.147. The lowest BCUT2D eigenvalue weighted by Crippen LogP contribution is -2.50. The van der Waals surface area contributed by atoms with Gasteiger partial charge in [-0.05, 0) is 18.6 Å². The fourth-order valence-corrected chi connectivity index (χ4v) is 2.74. The fourth-order valence-electron chi connectivity index (χ4n) is 2.74. The van der Waals surface area contributed by atoms with Crippen LogP contribution in [0.2, 0.25) is 0 Å². The normalized spacial score (nSPS) is 24.4. The number of amides is 1. The highest BCUT2D eigenvalue weighted by Crippen LogP contribution is 2.19. The van der Waals surface area contributed by atoms with Gasteiger partial charge in [0.1, 0.15) is 12.6 Å². The lowest BCUT2D eigenvalue weighted by Gasteiger charge is -2.36. The highest BCUT2D eigenvalue weighted by Gasteiger charge is 2.34. The van der Waals surface area contributed by atoms with Gasteiger partial charge in [-0.15, -0.1) is 0 Å². The highest BCUT2D eigenvalue weighted by molar-refractivity contribution is 5.75. The van der Waals surface area contributed by atoms with Gasteiger partial charge in [-0.3, -0.25) is 9.59 Å². The Morgan fingerprint density at radius 1 is 1.39 bits per heavy atom. The second-order valence-electron chi connectivity index (χ2n) is 5.75. The number of aryl methyl sites for hydroxylation is 1. The second-order valence-corrected chi connectivity index (χ2v) is 5.75. The summed E-state index contributed by atoms with van der Waals surface area (Å²) >= 11 is 0. The molecule has 0 aromatic carbocycles. The van der Waals surface area contributed by atoms with E-state index < -0.39 is 0 Å². The summed E-state index contributed by atoms with van der Waals surface area (Å²) in [7, 11) is 3.24. The maximum atomic E-state index is 12.1. The van der Waals surface area contributed by atoms with E-state index in [2.05, 4.69) is 5.32 Å². The molecule has 2 heterocycles. The summed E-state index contributed by atoms with van der Waals surface area (Å²) in [6.45, 7) is 3.24. The van der Waals surface area contributed by atoms with Gasteiger partial charge in [0.15, 0.2) is 0 Å². The summed E-state index contributed by atoms with van der Waals surface area (Å²) in [6.07, 6.45) is 1.35. The van der Waals surface area contributed by atoms with Crippen LogP contribution in [0.25, 0.3) is 0 Å². The number of ether oxygens (including phenoxy) is 3. The molecule has 0 spiro atoms. The van der Waals surface area contributed by atoms with E-state index in [0.29, 0.717) is 19.8 Å². The van der Waals surface area contributed by atoms with Crippen molar-refractivity contribution in [1.82, 2.24) is 9.88 Å². The summed E-state index contributed by atoms with van der Waals surface area (Å²) in [5, 5.41) is 2.84. The second kappa shape index (κ2) is 8.24. The topological polar surface area (TPSA) is 78.8 Å². The Morgan fingerprint density at radius 3 is 2.83 bits per heavy atom. The number of carbonyl (C=O) groups excluding carboxylic acids is 1. The monoisotopic (exact) mass is 324 g/mol. The van der Waals surface area contributed by atoms with Crippen LogP contribution in [0.5, 0.6) is 0 Å². The molecule has 0 radical (unpaired) electrons. The number of pyridine rings is 1. The van der Waals surface area contributed by atoms with Crippen LogP contribution in [-0.4, -0.2) is 56.7 Å². The molecule has 1 aliphatic rings. The van der Waals surface area contributed by atoms with E-state index in [9.17, 15) is 9.59 Å². The van der Waals surface area contributed by atoms with Gasteiger partial charge in [-0.1, -0.05) is 0 Å². The Morgan fingerprint density at radius 2 is 2.17 bits per heavy atom. The third kappa shape index (κ3) is 4.63. The third-order valence-corrected chi connectivity index (χ3v) is 4.05. The van der Waals surface area contributed by atoms with Crippen LogP contribution in [0, 0.1) is 12.8 Å². The van der Waals surface area contributed by atoms with Crippen LogP contribution in [0.15, 0.2) is 23.1 Å². The van der Waals surface area contributed by atoms with Crippen molar-refractivity contribution >= 4 is 5.91 Å². The number of aromatic nitrogens is 1.